The van der Waals surface area contributed by atoms with Crippen LogP contribution in [0.25, 0.3) is 0 Å². The molecule has 0 saturated heterocycles. The molecule has 1 heterocycles. The monoisotopic (exact) mass is 320 g/mol. The Morgan fingerprint density at radius 3 is 2.55 bits per heavy atom. The minimum atomic E-state index is -0.681. The maximum absolute atomic E-state index is 12.1. The molecule has 0 aliphatic rings. The molecule has 116 valence electrons. The van der Waals surface area contributed by atoms with Gasteiger partial charge in [0.15, 0.2) is 5.76 Å². The molecule has 2 atom stereocenters. The number of hydrogen-bond donors (Lipinski definition) is 2. The third-order valence-electron chi connectivity index (χ3n) is 3.19. The lowest BCUT2D eigenvalue weighted by Gasteiger charge is -2.18. The topological polar surface area (TPSA) is 71.3 Å². The minimum Gasteiger partial charge on any atom is -0.459 e. The van der Waals surface area contributed by atoms with Crippen LogP contribution >= 0.6 is 11.6 Å². The standard InChI is InChI=1S/C16H17ClN2O3/c1-10(12-5-3-6-13(17)9-12)18-15(20)11(2)19-16(21)14-7-4-8-22-14/h3-11H,1-2H3,(H,18,20)(H,19,21). The fourth-order valence-electron chi connectivity index (χ4n) is 1.94. The summed E-state index contributed by atoms with van der Waals surface area (Å²) in [5.74, 6) is -0.544. The molecule has 2 unspecified atom stereocenters. The van der Waals surface area contributed by atoms with Gasteiger partial charge in [0.2, 0.25) is 5.91 Å². The number of benzene rings is 1. The Bertz CT molecular complexity index is 655. The Morgan fingerprint density at radius 1 is 1.14 bits per heavy atom. The summed E-state index contributed by atoms with van der Waals surface area (Å²) in [4.78, 5) is 23.9. The first kappa shape index (κ1) is 16.1. The maximum Gasteiger partial charge on any atom is 0.287 e. The second kappa shape index (κ2) is 7.13. The van der Waals surface area contributed by atoms with Gasteiger partial charge in [-0.15, -0.1) is 0 Å². The van der Waals surface area contributed by atoms with E-state index in [1.807, 2.05) is 19.1 Å². The van der Waals surface area contributed by atoms with Crippen LogP contribution in [0.5, 0.6) is 0 Å². The van der Waals surface area contributed by atoms with Crippen LogP contribution in [0.3, 0.4) is 0 Å². The van der Waals surface area contributed by atoms with Crippen molar-refractivity contribution >= 4 is 23.4 Å². The predicted molar refractivity (Wildman–Crippen MR) is 83.6 cm³/mol. The molecule has 2 aromatic rings. The summed E-state index contributed by atoms with van der Waals surface area (Å²) in [6.45, 7) is 3.46. The van der Waals surface area contributed by atoms with Crippen molar-refractivity contribution in [1.29, 1.82) is 0 Å². The van der Waals surface area contributed by atoms with Gasteiger partial charge in [0.05, 0.1) is 12.3 Å². The predicted octanol–water partition coefficient (Wildman–Crippen LogP) is 2.93. The number of carbonyl (C=O) groups is 2. The zero-order valence-electron chi connectivity index (χ0n) is 12.3. The van der Waals surface area contributed by atoms with Gasteiger partial charge >= 0.3 is 0 Å². The van der Waals surface area contributed by atoms with E-state index in [4.69, 9.17) is 16.0 Å². The second-order valence-corrected chi connectivity index (χ2v) is 5.39. The maximum atomic E-state index is 12.1. The number of rotatable bonds is 5. The van der Waals surface area contributed by atoms with Gasteiger partial charge in [0.25, 0.3) is 5.91 Å². The number of nitrogens with one attached hydrogen (secondary N) is 2. The van der Waals surface area contributed by atoms with Crippen LogP contribution in [-0.2, 0) is 4.79 Å². The normalized spacial score (nSPS) is 13.2. The van der Waals surface area contributed by atoms with Crippen LogP contribution in [0.1, 0.15) is 36.0 Å². The summed E-state index contributed by atoms with van der Waals surface area (Å²) in [7, 11) is 0. The molecule has 0 saturated carbocycles. The highest BCUT2D eigenvalue weighted by atomic mass is 35.5. The Hall–Kier alpha value is -2.27. The number of halogens is 1. The van der Waals surface area contributed by atoms with Crippen LogP contribution in [0.2, 0.25) is 5.02 Å². The van der Waals surface area contributed by atoms with Gasteiger partial charge < -0.3 is 15.1 Å². The number of amides is 2. The fourth-order valence-corrected chi connectivity index (χ4v) is 2.14. The molecule has 0 radical (unpaired) electrons. The lowest BCUT2D eigenvalue weighted by atomic mass is 10.1. The van der Waals surface area contributed by atoms with E-state index < -0.39 is 11.9 Å². The van der Waals surface area contributed by atoms with Crippen LogP contribution in [0.4, 0.5) is 0 Å². The molecule has 0 bridgehead atoms. The summed E-state index contributed by atoms with van der Waals surface area (Å²) in [5.41, 5.74) is 0.894. The van der Waals surface area contributed by atoms with Crippen LogP contribution in [0.15, 0.2) is 47.1 Å². The van der Waals surface area contributed by atoms with E-state index in [1.165, 1.54) is 12.3 Å². The molecule has 5 nitrogen and oxygen atoms in total. The molecule has 2 N–H and O–H groups in total. The third kappa shape index (κ3) is 4.11. The molecule has 0 fully saturated rings. The van der Waals surface area contributed by atoms with Crippen molar-refractivity contribution in [3.05, 3.63) is 59.0 Å². The smallest absolute Gasteiger partial charge is 0.287 e. The third-order valence-corrected chi connectivity index (χ3v) is 3.43. The van der Waals surface area contributed by atoms with Crippen molar-refractivity contribution in [1.82, 2.24) is 10.6 Å². The quantitative estimate of drug-likeness (QED) is 0.889. The van der Waals surface area contributed by atoms with E-state index in [2.05, 4.69) is 10.6 Å². The Kier molecular flexibility index (Phi) is 5.22. The molecule has 0 spiro atoms. The Labute approximate surface area is 133 Å². The van der Waals surface area contributed by atoms with E-state index in [0.717, 1.165) is 5.56 Å². The second-order valence-electron chi connectivity index (χ2n) is 4.96. The zero-order valence-corrected chi connectivity index (χ0v) is 13.1. The van der Waals surface area contributed by atoms with Crippen molar-refractivity contribution in [3.63, 3.8) is 0 Å². The number of hydrogen-bond acceptors (Lipinski definition) is 3. The average molecular weight is 321 g/mol. The first-order chi connectivity index (χ1) is 10.5. The Morgan fingerprint density at radius 2 is 1.91 bits per heavy atom. The van der Waals surface area contributed by atoms with Gasteiger partial charge in [-0.1, -0.05) is 23.7 Å². The van der Waals surface area contributed by atoms with Gasteiger partial charge in [-0.3, -0.25) is 9.59 Å². The summed E-state index contributed by atoms with van der Waals surface area (Å²) in [6.07, 6.45) is 1.40. The molecule has 0 aliphatic carbocycles. The summed E-state index contributed by atoms with van der Waals surface area (Å²) in [5, 5.41) is 6.02. The lowest BCUT2D eigenvalue weighted by Crippen LogP contribution is -2.45. The molecular weight excluding hydrogens is 304 g/mol. The van der Waals surface area contributed by atoms with Gasteiger partial charge in [-0.05, 0) is 43.7 Å². The van der Waals surface area contributed by atoms with Crippen molar-refractivity contribution in [3.8, 4) is 0 Å². The largest absolute Gasteiger partial charge is 0.459 e. The van der Waals surface area contributed by atoms with Crippen molar-refractivity contribution in [2.24, 2.45) is 0 Å². The van der Waals surface area contributed by atoms with Crippen molar-refractivity contribution in [2.75, 3.05) is 0 Å². The number of carbonyl (C=O) groups excluding carboxylic acids is 2. The minimum absolute atomic E-state index is 0.169. The van der Waals surface area contributed by atoms with E-state index in [1.54, 1.807) is 25.1 Å². The molecule has 1 aromatic heterocycles. The van der Waals surface area contributed by atoms with Crippen LogP contribution in [0, 0.1) is 0 Å². The number of furan rings is 1. The first-order valence-corrected chi connectivity index (χ1v) is 7.25. The molecule has 1 aromatic carbocycles. The molecule has 6 heteroatoms. The van der Waals surface area contributed by atoms with Gasteiger partial charge in [-0.2, -0.15) is 0 Å². The van der Waals surface area contributed by atoms with Crippen molar-refractivity contribution < 1.29 is 14.0 Å². The summed E-state index contributed by atoms with van der Waals surface area (Å²) < 4.78 is 4.98. The molecule has 2 amide bonds. The van der Waals surface area contributed by atoms with Gasteiger partial charge in [0.1, 0.15) is 6.04 Å². The van der Waals surface area contributed by atoms with E-state index in [9.17, 15) is 9.59 Å². The van der Waals surface area contributed by atoms with E-state index >= 15 is 0 Å². The average Bonchev–Trinajstić information content (AvgIpc) is 3.01. The van der Waals surface area contributed by atoms with Gasteiger partial charge in [0, 0.05) is 5.02 Å². The summed E-state index contributed by atoms with van der Waals surface area (Å²) >= 11 is 5.93. The molecule has 22 heavy (non-hydrogen) atoms. The van der Waals surface area contributed by atoms with E-state index in [-0.39, 0.29) is 17.7 Å². The molecule has 2 rings (SSSR count). The van der Waals surface area contributed by atoms with E-state index in [0.29, 0.717) is 5.02 Å². The highest BCUT2D eigenvalue weighted by Gasteiger charge is 2.19. The highest BCUT2D eigenvalue weighted by molar-refractivity contribution is 6.30. The Balaban J connectivity index is 1.92. The highest BCUT2D eigenvalue weighted by Crippen LogP contribution is 2.17. The van der Waals surface area contributed by atoms with Crippen molar-refractivity contribution in [2.45, 2.75) is 25.9 Å². The van der Waals surface area contributed by atoms with Crippen LogP contribution < -0.4 is 10.6 Å². The molecule has 0 aliphatic heterocycles. The SMILES string of the molecule is CC(NC(=O)c1ccco1)C(=O)NC(C)c1cccc(Cl)c1. The lowest BCUT2D eigenvalue weighted by molar-refractivity contribution is -0.123. The fraction of sp³-hybridized carbons (Fsp3) is 0.250. The zero-order chi connectivity index (χ0) is 16.1. The summed E-state index contributed by atoms with van der Waals surface area (Å²) in [6, 6.07) is 9.51. The van der Waals surface area contributed by atoms with Crippen LogP contribution in [-0.4, -0.2) is 17.9 Å². The molecular formula is C16H17ClN2O3. The first-order valence-electron chi connectivity index (χ1n) is 6.87. The van der Waals surface area contributed by atoms with Gasteiger partial charge in [-0.25, -0.2) is 0 Å².